The van der Waals surface area contributed by atoms with E-state index in [-0.39, 0.29) is 5.91 Å². The van der Waals surface area contributed by atoms with Gasteiger partial charge >= 0.3 is 0 Å². The number of halogens is 2. The average Bonchev–Trinajstić information content (AvgIpc) is 2.28. The molecule has 94 valence electrons. The maximum Gasteiger partial charge on any atom is 0.222 e. The van der Waals surface area contributed by atoms with Crippen molar-refractivity contribution in [2.24, 2.45) is 0 Å². The Labute approximate surface area is 115 Å². The van der Waals surface area contributed by atoms with Gasteiger partial charge in [-0.25, -0.2) is 0 Å². The second kappa shape index (κ2) is 6.87. The fourth-order valence-electron chi connectivity index (χ4n) is 1.30. The van der Waals surface area contributed by atoms with Gasteiger partial charge < -0.3 is 10.2 Å². The van der Waals surface area contributed by atoms with Crippen molar-refractivity contribution in [2.45, 2.75) is 12.8 Å². The predicted octanol–water partition coefficient (Wildman–Crippen LogP) is 3.38. The van der Waals surface area contributed by atoms with E-state index in [1.54, 1.807) is 19.0 Å². The van der Waals surface area contributed by atoms with E-state index in [0.29, 0.717) is 11.4 Å². The van der Waals surface area contributed by atoms with Crippen LogP contribution >= 0.6 is 27.5 Å². The smallest absolute Gasteiger partial charge is 0.222 e. The van der Waals surface area contributed by atoms with Crippen LogP contribution in [-0.4, -0.2) is 31.4 Å². The molecule has 0 saturated heterocycles. The van der Waals surface area contributed by atoms with Gasteiger partial charge in [0.2, 0.25) is 5.91 Å². The van der Waals surface area contributed by atoms with Crippen LogP contribution in [-0.2, 0) is 4.79 Å². The topological polar surface area (TPSA) is 32.3 Å². The molecular formula is C12H16BrClN2O. The molecule has 0 saturated carbocycles. The third-order valence-electron chi connectivity index (χ3n) is 2.31. The molecule has 0 radical (unpaired) electrons. The predicted molar refractivity (Wildman–Crippen MR) is 75.6 cm³/mol. The lowest BCUT2D eigenvalue weighted by Gasteiger charge is -2.11. The number of nitrogens with zero attached hydrogens (tertiary/aromatic N) is 1. The number of carbonyl (C=O) groups is 1. The summed E-state index contributed by atoms with van der Waals surface area (Å²) >= 11 is 9.26. The largest absolute Gasteiger partial charge is 0.385 e. The molecule has 1 amide bonds. The normalized spacial score (nSPS) is 10.1. The molecule has 3 nitrogen and oxygen atoms in total. The molecule has 1 aromatic carbocycles. The van der Waals surface area contributed by atoms with E-state index in [0.717, 1.165) is 23.1 Å². The van der Waals surface area contributed by atoms with Gasteiger partial charge in [0.1, 0.15) is 0 Å². The number of amides is 1. The molecule has 0 spiro atoms. The summed E-state index contributed by atoms with van der Waals surface area (Å²) in [5.74, 6) is 0.157. The fraction of sp³-hybridized carbons (Fsp3) is 0.417. The van der Waals surface area contributed by atoms with Crippen LogP contribution in [0.4, 0.5) is 5.69 Å². The van der Waals surface area contributed by atoms with E-state index < -0.39 is 0 Å². The molecule has 1 rings (SSSR count). The molecule has 0 atom stereocenters. The van der Waals surface area contributed by atoms with E-state index in [9.17, 15) is 4.79 Å². The van der Waals surface area contributed by atoms with Gasteiger partial charge in [-0.3, -0.25) is 4.79 Å². The van der Waals surface area contributed by atoms with Crippen molar-refractivity contribution in [1.29, 1.82) is 0 Å². The Morgan fingerprint density at radius 3 is 2.76 bits per heavy atom. The average molecular weight is 320 g/mol. The SMILES string of the molecule is CN(C)C(=O)CCCNc1ccc(Cl)c(Br)c1. The van der Waals surface area contributed by atoms with E-state index in [1.807, 2.05) is 18.2 Å². The Morgan fingerprint density at radius 2 is 2.18 bits per heavy atom. The fourth-order valence-corrected chi connectivity index (χ4v) is 1.80. The first-order valence-electron chi connectivity index (χ1n) is 5.40. The highest BCUT2D eigenvalue weighted by atomic mass is 79.9. The van der Waals surface area contributed by atoms with Gasteiger partial charge in [-0.05, 0) is 40.5 Å². The zero-order valence-corrected chi connectivity index (χ0v) is 12.3. The minimum Gasteiger partial charge on any atom is -0.385 e. The zero-order chi connectivity index (χ0) is 12.8. The van der Waals surface area contributed by atoms with Gasteiger partial charge in [-0.15, -0.1) is 0 Å². The molecule has 0 heterocycles. The summed E-state index contributed by atoms with van der Waals surface area (Å²) in [6.07, 6.45) is 1.38. The lowest BCUT2D eigenvalue weighted by atomic mass is 10.2. The van der Waals surface area contributed by atoms with E-state index in [1.165, 1.54) is 0 Å². The Kier molecular flexibility index (Phi) is 5.78. The van der Waals surface area contributed by atoms with Crippen LogP contribution in [0.5, 0.6) is 0 Å². The second-order valence-corrected chi connectivity index (χ2v) is 5.21. The van der Waals surface area contributed by atoms with Crippen LogP contribution in [0.3, 0.4) is 0 Å². The number of hydrogen-bond acceptors (Lipinski definition) is 2. The molecule has 0 aromatic heterocycles. The zero-order valence-electron chi connectivity index (χ0n) is 9.96. The number of carbonyl (C=O) groups excluding carboxylic acids is 1. The summed E-state index contributed by atoms with van der Waals surface area (Å²) in [5, 5.41) is 3.94. The third kappa shape index (κ3) is 4.96. The number of anilines is 1. The highest BCUT2D eigenvalue weighted by molar-refractivity contribution is 9.10. The highest BCUT2D eigenvalue weighted by Gasteiger charge is 2.03. The molecule has 0 unspecified atom stereocenters. The Hall–Kier alpha value is -0.740. The van der Waals surface area contributed by atoms with Gasteiger partial charge in [0.25, 0.3) is 0 Å². The third-order valence-corrected chi connectivity index (χ3v) is 3.53. The molecule has 0 bridgehead atoms. The summed E-state index contributed by atoms with van der Waals surface area (Å²) in [4.78, 5) is 12.9. The van der Waals surface area contributed by atoms with Crippen LogP contribution in [0.15, 0.2) is 22.7 Å². The van der Waals surface area contributed by atoms with Crippen molar-refractivity contribution in [2.75, 3.05) is 26.0 Å². The Balaban J connectivity index is 2.31. The Bertz CT molecular complexity index is 396. The maximum atomic E-state index is 11.3. The lowest BCUT2D eigenvalue weighted by Crippen LogP contribution is -2.22. The van der Waals surface area contributed by atoms with Gasteiger partial charge in [0, 0.05) is 37.2 Å². The molecule has 0 aliphatic rings. The second-order valence-electron chi connectivity index (χ2n) is 3.95. The summed E-state index contributed by atoms with van der Waals surface area (Å²) in [6, 6.07) is 5.68. The molecule has 17 heavy (non-hydrogen) atoms. The van der Waals surface area contributed by atoms with Crippen molar-refractivity contribution in [3.63, 3.8) is 0 Å². The van der Waals surface area contributed by atoms with Crippen molar-refractivity contribution < 1.29 is 4.79 Å². The number of hydrogen-bond donors (Lipinski definition) is 1. The minimum absolute atomic E-state index is 0.157. The van der Waals surface area contributed by atoms with Crippen molar-refractivity contribution >= 4 is 39.1 Å². The standard InChI is InChI=1S/C12H16BrClN2O/c1-16(2)12(17)4-3-7-15-9-5-6-11(14)10(13)8-9/h5-6,8,15H,3-4,7H2,1-2H3. The number of rotatable bonds is 5. The molecule has 0 fully saturated rings. The lowest BCUT2D eigenvalue weighted by molar-refractivity contribution is -0.128. The van der Waals surface area contributed by atoms with Crippen LogP contribution < -0.4 is 5.32 Å². The molecule has 0 aliphatic carbocycles. The quantitative estimate of drug-likeness (QED) is 0.844. The highest BCUT2D eigenvalue weighted by Crippen LogP contribution is 2.25. The summed E-state index contributed by atoms with van der Waals surface area (Å²) in [6.45, 7) is 0.771. The molecule has 1 aromatic rings. The first kappa shape index (κ1) is 14.3. The molecule has 1 N–H and O–H groups in total. The van der Waals surface area contributed by atoms with Gasteiger partial charge in [0.15, 0.2) is 0 Å². The Morgan fingerprint density at radius 1 is 1.47 bits per heavy atom. The molecular weight excluding hydrogens is 304 g/mol. The molecule has 0 aliphatic heterocycles. The first-order chi connectivity index (χ1) is 8.00. The van der Waals surface area contributed by atoms with Crippen LogP contribution in [0.1, 0.15) is 12.8 Å². The van der Waals surface area contributed by atoms with Crippen LogP contribution in [0.2, 0.25) is 5.02 Å². The maximum absolute atomic E-state index is 11.3. The van der Waals surface area contributed by atoms with Crippen molar-refractivity contribution in [3.8, 4) is 0 Å². The first-order valence-corrected chi connectivity index (χ1v) is 6.57. The van der Waals surface area contributed by atoms with Gasteiger partial charge in [-0.2, -0.15) is 0 Å². The van der Waals surface area contributed by atoms with Crippen molar-refractivity contribution in [1.82, 2.24) is 4.90 Å². The van der Waals surface area contributed by atoms with Crippen LogP contribution in [0, 0.1) is 0 Å². The summed E-state index contributed by atoms with van der Waals surface area (Å²) in [7, 11) is 3.54. The van der Waals surface area contributed by atoms with Crippen LogP contribution in [0.25, 0.3) is 0 Å². The number of benzene rings is 1. The molecule has 5 heteroatoms. The summed E-state index contributed by atoms with van der Waals surface area (Å²) in [5.41, 5.74) is 0.999. The van der Waals surface area contributed by atoms with Gasteiger partial charge in [0.05, 0.1) is 5.02 Å². The minimum atomic E-state index is 0.157. The van der Waals surface area contributed by atoms with E-state index in [2.05, 4.69) is 21.2 Å². The number of nitrogens with one attached hydrogen (secondary N) is 1. The van der Waals surface area contributed by atoms with E-state index >= 15 is 0 Å². The monoisotopic (exact) mass is 318 g/mol. The summed E-state index contributed by atoms with van der Waals surface area (Å²) < 4.78 is 0.869. The van der Waals surface area contributed by atoms with E-state index in [4.69, 9.17) is 11.6 Å². The van der Waals surface area contributed by atoms with Crippen molar-refractivity contribution in [3.05, 3.63) is 27.7 Å². The van der Waals surface area contributed by atoms with Gasteiger partial charge in [-0.1, -0.05) is 11.6 Å².